The molecule has 0 saturated heterocycles. The van der Waals surface area contributed by atoms with Crippen LogP contribution in [0.25, 0.3) is 5.70 Å². The fourth-order valence-corrected chi connectivity index (χ4v) is 4.20. The summed E-state index contributed by atoms with van der Waals surface area (Å²) in [7, 11) is 1.36. The Morgan fingerprint density at radius 2 is 2.16 bits per heavy atom. The molecule has 2 unspecified atom stereocenters. The average molecular weight is 432 g/mol. The van der Waals surface area contributed by atoms with E-state index in [0.29, 0.717) is 24.6 Å². The molecule has 0 fully saturated rings. The van der Waals surface area contributed by atoms with Gasteiger partial charge in [0.2, 0.25) is 0 Å². The van der Waals surface area contributed by atoms with Crippen LogP contribution in [0, 0.1) is 5.82 Å². The van der Waals surface area contributed by atoms with Gasteiger partial charge in [-0.15, -0.1) is 0 Å². The quantitative estimate of drug-likeness (QED) is 0.336. The lowest BCUT2D eigenvalue weighted by atomic mass is 9.90. The molecule has 0 bridgehead atoms. The number of hydrogen-bond donors (Lipinski definition) is 1. The van der Waals surface area contributed by atoms with E-state index < -0.39 is 17.9 Å². The highest BCUT2D eigenvalue weighted by Crippen LogP contribution is 2.39. The number of aliphatic hydroxyl groups is 1. The fraction of sp³-hybridized carbons (Fsp3) is 0.375. The summed E-state index contributed by atoms with van der Waals surface area (Å²) in [6, 6.07) is 6.39. The van der Waals surface area contributed by atoms with E-state index >= 15 is 0 Å². The summed E-state index contributed by atoms with van der Waals surface area (Å²) in [5.74, 6) is -2.16. The van der Waals surface area contributed by atoms with Crippen molar-refractivity contribution < 1.29 is 23.0 Å². The summed E-state index contributed by atoms with van der Waals surface area (Å²) in [6.45, 7) is 4.73. The monoisotopic (exact) mass is 432 g/mol. The number of allylic oxidation sites excluding steroid dienone is 5. The Morgan fingerprint density at radius 3 is 2.81 bits per heavy atom. The van der Waals surface area contributed by atoms with Crippen LogP contribution in [0.1, 0.15) is 60.9 Å². The van der Waals surface area contributed by atoms with Gasteiger partial charge >= 0.3 is 0 Å². The highest BCUT2D eigenvalue weighted by atomic mass is 19.1. The van der Waals surface area contributed by atoms with Gasteiger partial charge in [-0.1, -0.05) is 31.2 Å². The first-order chi connectivity index (χ1) is 14.8. The molecule has 1 heterocycles. The number of methoxy groups -OCH3 is 1. The maximum absolute atomic E-state index is 14.9. The number of halogens is 3. The van der Waals surface area contributed by atoms with E-state index in [1.54, 1.807) is 13.0 Å². The zero-order valence-electron chi connectivity index (χ0n) is 17.7. The maximum atomic E-state index is 14.9. The first-order valence-corrected chi connectivity index (χ1v) is 10.3. The number of benzene rings is 1. The molecular weight excluding hydrogens is 405 g/mol. The number of rotatable bonds is 7. The van der Waals surface area contributed by atoms with Gasteiger partial charge in [0.05, 0.1) is 11.4 Å². The van der Waals surface area contributed by atoms with Crippen LogP contribution in [-0.4, -0.2) is 22.0 Å². The normalized spacial score (nSPS) is 18.5. The molecule has 1 aliphatic carbocycles. The minimum atomic E-state index is -1.27. The fourth-order valence-electron chi connectivity index (χ4n) is 4.20. The second-order valence-electron chi connectivity index (χ2n) is 7.64. The lowest BCUT2D eigenvalue weighted by molar-refractivity contribution is -0.0805. The zero-order valence-corrected chi connectivity index (χ0v) is 17.7. The molecule has 1 aromatic heterocycles. The first-order valence-electron chi connectivity index (χ1n) is 10.3. The molecule has 4 nitrogen and oxygen atoms in total. The van der Waals surface area contributed by atoms with Crippen molar-refractivity contribution in [2.75, 3.05) is 7.11 Å². The topological polar surface area (TPSA) is 47.3 Å². The van der Waals surface area contributed by atoms with Crippen LogP contribution >= 0.6 is 0 Å². The molecule has 166 valence electrons. The van der Waals surface area contributed by atoms with Gasteiger partial charge < -0.3 is 9.84 Å². The summed E-state index contributed by atoms with van der Waals surface area (Å²) in [5, 5.41) is 14.9. The molecule has 2 atom stereocenters. The van der Waals surface area contributed by atoms with Gasteiger partial charge in [-0.2, -0.15) is 5.10 Å². The molecule has 0 amide bonds. The molecule has 31 heavy (non-hydrogen) atoms. The van der Waals surface area contributed by atoms with E-state index in [1.165, 1.54) is 30.0 Å². The van der Waals surface area contributed by atoms with E-state index in [1.807, 2.05) is 6.07 Å². The Balaban J connectivity index is 2.17. The summed E-state index contributed by atoms with van der Waals surface area (Å²) in [4.78, 5) is 0. The van der Waals surface area contributed by atoms with Gasteiger partial charge in [-0.3, -0.25) is 0 Å². The summed E-state index contributed by atoms with van der Waals surface area (Å²) < 4.78 is 48.4. The van der Waals surface area contributed by atoms with Crippen molar-refractivity contribution in [3.05, 3.63) is 83.0 Å². The Labute approximate surface area is 180 Å². The van der Waals surface area contributed by atoms with Crippen LogP contribution in [0.3, 0.4) is 0 Å². The van der Waals surface area contributed by atoms with Gasteiger partial charge in [0.1, 0.15) is 17.3 Å². The molecule has 0 aliphatic heterocycles. The molecule has 2 aromatic rings. The van der Waals surface area contributed by atoms with Crippen molar-refractivity contribution in [3.63, 3.8) is 0 Å². The number of nitrogens with zero attached hydrogens (tertiary/aromatic N) is 2. The maximum Gasteiger partial charge on any atom is 0.200 e. The average Bonchev–Trinajstić information content (AvgIpc) is 2.96. The number of ether oxygens (including phenoxy) is 1. The van der Waals surface area contributed by atoms with E-state index in [4.69, 9.17) is 4.74 Å². The largest absolute Gasteiger partial charge is 0.363 e. The van der Waals surface area contributed by atoms with Crippen LogP contribution in [0.4, 0.5) is 13.2 Å². The van der Waals surface area contributed by atoms with Gasteiger partial charge in [0.15, 0.2) is 12.1 Å². The SMILES string of the molecule is C=C(F)/C=C(F)\C(=C/C)n1nc(C(O)OC)c2c1C(Cc1cccc(F)c1)CCCC2. The minimum absolute atomic E-state index is 0.0516. The molecule has 0 saturated carbocycles. The van der Waals surface area contributed by atoms with E-state index in [2.05, 4.69) is 11.7 Å². The minimum Gasteiger partial charge on any atom is -0.363 e. The second-order valence-corrected chi connectivity index (χ2v) is 7.64. The van der Waals surface area contributed by atoms with Gasteiger partial charge in [0.25, 0.3) is 0 Å². The predicted molar refractivity (Wildman–Crippen MR) is 114 cm³/mol. The third-order valence-electron chi connectivity index (χ3n) is 5.53. The summed E-state index contributed by atoms with van der Waals surface area (Å²) >= 11 is 0. The lowest BCUT2D eigenvalue weighted by Crippen LogP contribution is -2.12. The van der Waals surface area contributed by atoms with E-state index in [0.717, 1.165) is 36.1 Å². The van der Waals surface area contributed by atoms with E-state index in [9.17, 15) is 18.3 Å². The number of aromatic nitrogens is 2. The van der Waals surface area contributed by atoms with Crippen molar-refractivity contribution in [1.82, 2.24) is 9.78 Å². The summed E-state index contributed by atoms with van der Waals surface area (Å²) in [5.41, 5.74) is 2.70. The van der Waals surface area contributed by atoms with Crippen LogP contribution in [0.2, 0.25) is 0 Å². The molecule has 1 N–H and O–H groups in total. The molecule has 3 rings (SSSR count). The Kier molecular flexibility index (Phi) is 7.51. The molecular formula is C24H27F3N2O2. The Hall–Kier alpha value is -2.64. The standard InChI is InChI=1S/C24H27F3N2O2/c1-4-21(20(27)12-15(2)25)29-23-17(13-16-8-7-10-18(26)14-16)9-5-6-11-19(23)22(28-29)24(30)31-3/h4,7-8,10,12,14,17,24,30H,2,5-6,9,11,13H2,1,3H3/b20-12+,21-4+. The molecule has 7 heteroatoms. The highest BCUT2D eigenvalue weighted by Gasteiger charge is 2.31. The van der Waals surface area contributed by atoms with E-state index in [-0.39, 0.29) is 17.4 Å². The third kappa shape index (κ3) is 5.17. The first kappa shape index (κ1) is 23.0. The van der Waals surface area contributed by atoms with Crippen molar-refractivity contribution in [1.29, 1.82) is 0 Å². The predicted octanol–water partition coefficient (Wildman–Crippen LogP) is 5.91. The van der Waals surface area contributed by atoms with Crippen molar-refractivity contribution >= 4 is 5.70 Å². The molecule has 1 aliphatic rings. The zero-order chi connectivity index (χ0) is 22.5. The van der Waals surface area contributed by atoms with Crippen LogP contribution in [0.5, 0.6) is 0 Å². The highest BCUT2D eigenvalue weighted by molar-refractivity contribution is 5.63. The van der Waals surface area contributed by atoms with Crippen molar-refractivity contribution in [2.45, 2.75) is 51.2 Å². The van der Waals surface area contributed by atoms with Crippen LogP contribution < -0.4 is 0 Å². The van der Waals surface area contributed by atoms with Crippen LogP contribution in [-0.2, 0) is 17.6 Å². The van der Waals surface area contributed by atoms with Crippen molar-refractivity contribution in [2.24, 2.45) is 0 Å². The van der Waals surface area contributed by atoms with Gasteiger partial charge in [-0.25, -0.2) is 17.9 Å². The molecule has 0 spiro atoms. The Morgan fingerprint density at radius 1 is 1.39 bits per heavy atom. The van der Waals surface area contributed by atoms with Crippen LogP contribution in [0.15, 0.2) is 54.7 Å². The molecule has 0 radical (unpaired) electrons. The summed E-state index contributed by atoms with van der Waals surface area (Å²) in [6.07, 6.45) is 4.66. The smallest absolute Gasteiger partial charge is 0.200 e. The lowest BCUT2D eigenvalue weighted by Gasteiger charge is -2.19. The van der Waals surface area contributed by atoms with Gasteiger partial charge in [-0.05, 0) is 50.3 Å². The number of fused-ring (bicyclic) bond motifs is 1. The Bertz CT molecular complexity index is 1010. The van der Waals surface area contributed by atoms with Gasteiger partial charge in [0, 0.05) is 24.7 Å². The number of hydrogen-bond acceptors (Lipinski definition) is 3. The third-order valence-corrected chi connectivity index (χ3v) is 5.53. The molecule has 1 aromatic carbocycles. The van der Waals surface area contributed by atoms with Crippen molar-refractivity contribution in [3.8, 4) is 0 Å². The number of aliphatic hydroxyl groups excluding tert-OH is 1. The second kappa shape index (κ2) is 10.1.